The van der Waals surface area contributed by atoms with E-state index in [9.17, 15) is 9.90 Å². The Labute approximate surface area is 190 Å². The topological polar surface area (TPSA) is 95.6 Å². The minimum Gasteiger partial charge on any atom is -0.508 e. The van der Waals surface area contributed by atoms with Gasteiger partial charge in [0.1, 0.15) is 11.6 Å². The van der Waals surface area contributed by atoms with Crippen molar-refractivity contribution in [1.82, 2.24) is 19.8 Å². The zero-order valence-corrected chi connectivity index (χ0v) is 18.0. The molecule has 0 spiro atoms. The van der Waals surface area contributed by atoms with Crippen molar-refractivity contribution in [3.63, 3.8) is 0 Å². The van der Waals surface area contributed by atoms with Crippen molar-refractivity contribution in [2.45, 2.75) is 19.4 Å². The minimum atomic E-state index is -0.462. The average Bonchev–Trinajstić information content (AvgIpc) is 3.44. The predicted octanol–water partition coefficient (Wildman–Crippen LogP) is 4.66. The van der Waals surface area contributed by atoms with E-state index in [-0.39, 0.29) is 5.75 Å². The fourth-order valence-electron chi connectivity index (χ4n) is 3.94. The summed E-state index contributed by atoms with van der Waals surface area (Å²) < 4.78 is 1.68. The second-order valence-corrected chi connectivity index (χ2v) is 7.76. The fourth-order valence-corrected chi connectivity index (χ4v) is 3.94. The first-order chi connectivity index (χ1) is 16.1. The van der Waals surface area contributed by atoms with Crippen LogP contribution in [0.2, 0.25) is 0 Å². The van der Waals surface area contributed by atoms with Gasteiger partial charge in [-0.25, -0.2) is 14.5 Å². The highest BCUT2D eigenvalue weighted by Crippen LogP contribution is 2.37. The number of benzene rings is 2. The molecule has 0 bridgehead atoms. The van der Waals surface area contributed by atoms with Crippen molar-refractivity contribution >= 4 is 17.6 Å². The molecule has 33 heavy (non-hydrogen) atoms. The van der Waals surface area contributed by atoms with Crippen molar-refractivity contribution in [3.05, 3.63) is 102 Å². The van der Waals surface area contributed by atoms with Crippen LogP contribution in [0.3, 0.4) is 0 Å². The van der Waals surface area contributed by atoms with E-state index in [0.717, 1.165) is 22.7 Å². The molecule has 8 heteroatoms. The van der Waals surface area contributed by atoms with Gasteiger partial charge in [-0.2, -0.15) is 10.2 Å². The van der Waals surface area contributed by atoms with Crippen LogP contribution < -0.4 is 5.32 Å². The first-order valence-corrected chi connectivity index (χ1v) is 10.6. The molecule has 0 saturated carbocycles. The second-order valence-electron chi connectivity index (χ2n) is 7.76. The number of phenols is 1. The van der Waals surface area contributed by atoms with Crippen LogP contribution in [0.4, 0.5) is 10.6 Å². The molecule has 0 aliphatic carbocycles. The van der Waals surface area contributed by atoms with E-state index in [4.69, 9.17) is 0 Å². The van der Waals surface area contributed by atoms with Gasteiger partial charge in [0.25, 0.3) is 0 Å². The molecular weight excluding hydrogens is 416 g/mol. The summed E-state index contributed by atoms with van der Waals surface area (Å²) in [6, 6.07) is 21.3. The van der Waals surface area contributed by atoms with Gasteiger partial charge in [0.15, 0.2) is 0 Å². The number of pyridine rings is 1. The molecule has 2 aromatic carbocycles. The quantitative estimate of drug-likeness (QED) is 0.484. The molecule has 1 unspecified atom stereocenters. The standard InChI is InChI=1S/C25H22N6O2/c1-17-14-24(30(28-17)19-9-3-2-4-10-19)27-25(33)31-22(20-11-5-6-12-23(20)32)15-21(29-31)18-8-7-13-26-16-18/h2-14,16,22,32H,15H2,1H3,(H,27,33). The maximum absolute atomic E-state index is 13.4. The van der Waals surface area contributed by atoms with Crippen LogP contribution in [0.15, 0.2) is 90.3 Å². The van der Waals surface area contributed by atoms with E-state index >= 15 is 0 Å². The summed E-state index contributed by atoms with van der Waals surface area (Å²) in [5, 5.41) is 23.9. The average molecular weight is 438 g/mol. The number of nitrogens with one attached hydrogen (secondary N) is 1. The van der Waals surface area contributed by atoms with Crippen LogP contribution in [0.25, 0.3) is 5.69 Å². The smallest absolute Gasteiger partial charge is 0.344 e. The number of aromatic hydroxyl groups is 1. The summed E-state index contributed by atoms with van der Waals surface area (Å²) in [6.45, 7) is 1.87. The first-order valence-electron chi connectivity index (χ1n) is 10.6. The Morgan fingerprint density at radius 3 is 2.61 bits per heavy atom. The second kappa shape index (κ2) is 8.58. The number of anilines is 1. The first kappa shape index (κ1) is 20.4. The van der Waals surface area contributed by atoms with Crippen molar-refractivity contribution < 1.29 is 9.90 Å². The Morgan fingerprint density at radius 1 is 1.06 bits per heavy atom. The largest absolute Gasteiger partial charge is 0.508 e. The molecular formula is C25H22N6O2. The minimum absolute atomic E-state index is 0.119. The van der Waals surface area contributed by atoms with Crippen molar-refractivity contribution in [1.29, 1.82) is 0 Å². The lowest BCUT2D eigenvalue weighted by molar-refractivity contribution is 0.199. The molecule has 1 atom stereocenters. The monoisotopic (exact) mass is 438 g/mol. The zero-order valence-electron chi connectivity index (χ0n) is 18.0. The molecule has 8 nitrogen and oxygen atoms in total. The number of carbonyl (C=O) groups is 1. The summed E-state index contributed by atoms with van der Waals surface area (Å²) in [5.74, 6) is 0.651. The summed E-state index contributed by atoms with van der Waals surface area (Å²) in [4.78, 5) is 17.6. The summed E-state index contributed by atoms with van der Waals surface area (Å²) in [6.07, 6.45) is 3.86. The molecule has 1 aliphatic heterocycles. The molecule has 164 valence electrons. The molecule has 5 rings (SSSR count). The van der Waals surface area contributed by atoms with Crippen molar-refractivity contribution in [3.8, 4) is 11.4 Å². The molecule has 1 aliphatic rings. The van der Waals surface area contributed by atoms with Gasteiger partial charge in [0.05, 0.1) is 23.1 Å². The van der Waals surface area contributed by atoms with Crippen molar-refractivity contribution in [2.75, 3.05) is 5.32 Å². The number of rotatable bonds is 4. The maximum Gasteiger partial charge on any atom is 0.344 e. The zero-order chi connectivity index (χ0) is 22.8. The number of amides is 2. The number of carbonyl (C=O) groups excluding carboxylic acids is 1. The van der Waals surface area contributed by atoms with Crippen LogP contribution in [-0.4, -0.2) is 36.6 Å². The van der Waals surface area contributed by atoms with E-state index in [1.54, 1.807) is 35.3 Å². The molecule has 0 fully saturated rings. The van der Waals surface area contributed by atoms with Crippen LogP contribution in [-0.2, 0) is 0 Å². The molecule has 2 aromatic heterocycles. The summed E-state index contributed by atoms with van der Waals surface area (Å²) in [5.41, 5.74) is 3.78. The molecule has 4 aromatic rings. The van der Waals surface area contributed by atoms with E-state index in [1.165, 1.54) is 5.01 Å². The lowest BCUT2D eigenvalue weighted by atomic mass is 9.98. The lowest BCUT2D eigenvalue weighted by Gasteiger charge is -2.23. The number of hydrogen-bond acceptors (Lipinski definition) is 5. The van der Waals surface area contributed by atoms with E-state index in [0.29, 0.717) is 17.8 Å². The van der Waals surface area contributed by atoms with Crippen LogP contribution in [0.1, 0.15) is 29.3 Å². The third-order valence-electron chi connectivity index (χ3n) is 5.48. The third-order valence-corrected chi connectivity index (χ3v) is 5.48. The van der Waals surface area contributed by atoms with Gasteiger partial charge in [0, 0.05) is 36.0 Å². The number of hydrazone groups is 1. The number of nitrogens with zero attached hydrogens (tertiary/aromatic N) is 5. The van der Waals surface area contributed by atoms with Gasteiger partial charge in [-0.15, -0.1) is 0 Å². The summed E-state index contributed by atoms with van der Waals surface area (Å²) >= 11 is 0. The number of aryl methyl sites for hydroxylation is 1. The molecule has 0 saturated heterocycles. The molecule has 0 radical (unpaired) electrons. The molecule has 2 N–H and O–H groups in total. The Kier molecular flexibility index (Phi) is 5.32. The Morgan fingerprint density at radius 2 is 1.85 bits per heavy atom. The Bertz CT molecular complexity index is 1320. The third kappa shape index (κ3) is 4.06. The van der Waals surface area contributed by atoms with E-state index in [1.807, 2.05) is 61.5 Å². The molecule has 3 heterocycles. The maximum atomic E-state index is 13.4. The van der Waals surface area contributed by atoms with Crippen LogP contribution >= 0.6 is 0 Å². The lowest BCUT2D eigenvalue weighted by Crippen LogP contribution is -2.32. The highest BCUT2D eigenvalue weighted by molar-refractivity contribution is 6.03. The van der Waals surface area contributed by atoms with E-state index < -0.39 is 12.1 Å². The summed E-state index contributed by atoms with van der Waals surface area (Å²) in [7, 11) is 0. The molecule has 2 amide bonds. The van der Waals surface area contributed by atoms with E-state index in [2.05, 4.69) is 20.5 Å². The van der Waals surface area contributed by atoms with Gasteiger partial charge in [0.2, 0.25) is 0 Å². The predicted molar refractivity (Wildman–Crippen MR) is 125 cm³/mol. The van der Waals surface area contributed by atoms with Gasteiger partial charge >= 0.3 is 6.03 Å². The SMILES string of the molecule is Cc1cc(NC(=O)N2N=C(c3cccnc3)CC2c2ccccc2O)n(-c2ccccc2)n1. The van der Waals surface area contributed by atoms with Gasteiger partial charge in [-0.1, -0.05) is 42.5 Å². The number of phenolic OH excluding ortho intramolecular Hbond substituents is 1. The number of urea groups is 1. The highest BCUT2D eigenvalue weighted by Gasteiger charge is 2.35. The van der Waals surface area contributed by atoms with Gasteiger partial charge < -0.3 is 5.11 Å². The van der Waals surface area contributed by atoms with Crippen LogP contribution in [0.5, 0.6) is 5.75 Å². The normalized spacial score (nSPS) is 15.4. The Hall–Kier alpha value is -4.46. The van der Waals surface area contributed by atoms with Gasteiger partial charge in [-0.3, -0.25) is 10.3 Å². The number of para-hydroxylation sites is 2. The Balaban J connectivity index is 1.50. The fraction of sp³-hybridized carbons (Fsp3) is 0.120. The number of aromatic nitrogens is 3. The highest BCUT2D eigenvalue weighted by atomic mass is 16.3. The van der Waals surface area contributed by atoms with Crippen LogP contribution in [0, 0.1) is 6.92 Å². The van der Waals surface area contributed by atoms with Gasteiger partial charge in [-0.05, 0) is 31.2 Å². The van der Waals surface area contributed by atoms with Crippen molar-refractivity contribution in [2.24, 2.45) is 5.10 Å². The number of hydrogen-bond donors (Lipinski definition) is 2.